The molecule has 27 heavy (non-hydrogen) atoms. The maximum absolute atomic E-state index is 12.6. The molecule has 7 heteroatoms. The molecule has 1 aromatic carbocycles. The van der Waals surface area contributed by atoms with Gasteiger partial charge in [-0.2, -0.15) is 0 Å². The molecule has 4 rings (SSSR count). The fourth-order valence-electron chi connectivity index (χ4n) is 3.97. The van der Waals surface area contributed by atoms with Gasteiger partial charge in [0, 0.05) is 35.7 Å². The first kappa shape index (κ1) is 18.0. The van der Waals surface area contributed by atoms with Crippen LogP contribution in [0.1, 0.15) is 38.5 Å². The van der Waals surface area contributed by atoms with E-state index in [0.717, 1.165) is 31.2 Å². The van der Waals surface area contributed by atoms with Gasteiger partial charge in [-0.05, 0) is 25.0 Å². The SMILES string of the molecule is O=C(Nc1cc(-c2ccc(Cl)cc2)no1)C1CC(=O)N(C2CCCCC2)C1. The predicted octanol–water partition coefficient (Wildman–Crippen LogP) is 4.11. The van der Waals surface area contributed by atoms with Crippen LogP contribution in [0.15, 0.2) is 34.9 Å². The molecule has 0 radical (unpaired) electrons. The highest BCUT2D eigenvalue weighted by Gasteiger charge is 2.38. The van der Waals surface area contributed by atoms with Gasteiger partial charge in [0.1, 0.15) is 5.69 Å². The lowest BCUT2D eigenvalue weighted by atomic mass is 9.94. The summed E-state index contributed by atoms with van der Waals surface area (Å²) in [5.74, 6) is -0.168. The third-order valence-electron chi connectivity index (χ3n) is 5.44. The summed E-state index contributed by atoms with van der Waals surface area (Å²) < 4.78 is 5.24. The van der Waals surface area contributed by atoms with Crippen LogP contribution in [0.2, 0.25) is 5.02 Å². The fourth-order valence-corrected chi connectivity index (χ4v) is 4.09. The number of hydrogen-bond acceptors (Lipinski definition) is 4. The van der Waals surface area contributed by atoms with Gasteiger partial charge in [-0.1, -0.05) is 48.2 Å². The van der Waals surface area contributed by atoms with E-state index in [2.05, 4.69) is 10.5 Å². The number of rotatable bonds is 4. The zero-order valence-electron chi connectivity index (χ0n) is 15.0. The van der Waals surface area contributed by atoms with Crippen LogP contribution in [0.4, 0.5) is 5.88 Å². The molecule has 1 unspecified atom stereocenters. The predicted molar refractivity (Wildman–Crippen MR) is 102 cm³/mol. The van der Waals surface area contributed by atoms with Gasteiger partial charge >= 0.3 is 0 Å². The van der Waals surface area contributed by atoms with Gasteiger partial charge in [-0.25, -0.2) is 0 Å². The number of benzene rings is 1. The van der Waals surface area contributed by atoms with E-state index in [9.17, 15) is 9.59 Å². The quantitative estimate of drug-likeness (QED) is 0.856. The second-order valence-corrected chi connectivity index (χ2v) is 7.75. The third-order valence-corrected chi connectivity index (χ3v) is 5.69. The number of aromatic nitrogens is 1. The smallest absolute Gasteiger partial charge is 0.232 e. The number of anilines is 1. The Morgan fingerprint density at radius 1 is 1.19 bits per heavy atom. The average molecular weight is 388 g/mol. The summed E-state index contributed by atoms with van der Waals surface area (Å²) in [4.78, 5) is 26.8. The summed E-state index contributed by atoms with van der Waals surface area (Å²) in [5, 5.41) is 7.39. The molecule has 1 saturated carbocycles. The van der Waals surface area contributed by atoms with Gasteiger partial charge in [-0.15, -0.1) is 0 Å². The number of hydrogen-bond donors (Lipinski definition) is 1. The molecule has 2 amide bonds. The Labute approximate surface area is 162 Å². The molecule has 2 aliphatic rings. The Morgan fingerprint density at radius 2 is 1.93 bits per heavy atom. The zero-order valence-corrected chi connectivity index (χ0v) is 15.7. The second kappa shape index (κ2) is 7.72. The molecule has 2 aromatic rings. The molecule has 2 heterocycles. The van der Waals surface area contributed by atoms with Crippen molar-refractivity contribution < 1.29 is 14.1 Å². The lowest BCUT2D eigenvalue weighted by molar-refractivity contribution is -0.130. The minimum Gasteiger partial charge on any atom is -0.339 e. The Morgan fingerprint density at radius 3 is 2.67 bits per heavy atom. The molecule has 1 N–H and O–H groups in total. The molecule has 2 fully saturated rings. The standard InChI is InChI=1S/C20H22ClN3O3/c21-15-8-6-13(7-9-15)17-11-18(27-23-17)22-20(26)14-10-19(25)24(12-14)16-4-2-1-3-5-16/h6-9,11,14,16H,1-5,10,12H2,(H,22,26). The molecule has 1 atom stereocenters. The summed E-state index contributed by atoms with van der Waals surface area (Å²) in [6, 6.07) is 9.19. The van der Waals surface area contributed by atoms with E-state index in [1.54, 1.807) is 18.2 Å². The van der Waals surface area contributed by atoms with Gasteiger partial charge in [-0.3, -0.25) is 14.9 Å². The van der Waals surface area contributed by atoms with Crippen LogP contribution in [0.3, 0.4) is 0 Å². The molecular weight excluding hydrogens is 366 g/mol. The molecular formula is C20H22ClN3O3. The van der Waals surface area contributed by atoms with Crippen molar-refractivity contribution in [2.24, 2.45) is 5.92 Å². The summed E-state index contributed by atoms with van der Waals surface area (Å²) in [6.45, 7) is 0.494. The summed E-state index contributed by atoms with van der Waals surface area (Å²) in [7, 11) is 0. The number of halogens is 1. The molecule has 1 saturated heterocycles. The first-order chi connectivity index (χ1) is 13.1. The number of nitrogens with zero attached hydrogens (tertiary/aromatic N) is 2. The monoisotopic (exact) mass is 387 g/mol. The topological polar surface area (TPSA) is 75.4 Å². The lowest BCUT2D eigenvalue weighted by Gasteiger charge is -2.31. The van der Waals surface area contributed by atoms with Crippen LogP contribution in [0, 0.1) is 5.92 Å². The fraction of sp³-hybridized carbons (Fsp3) is 0.450. The van der Waals surface area contributed by atoms with Crippen LogP contribution < -0.4 is 5.32 Å². The van der Waals surface area contributed by atoms with E-state index in [4.69, 9.17) is 16.1 Å². The Balaban J connectivity index is 1.38. The van der Waals surface area contributed by atoms with E-state index in [1.165, 1.54) is 6.42 Å². The molecule has 0 bridgehead atoms. The van der Waals surface area contributed by atoms with Crippen LogP contribution in [-0.2, 0) is 9.59 Å². The van der Waals surface area contributed by atoms with Crippen molar-refractivity contribution in [3.63, 3.8) is 0 Å². The van der Waals surface area contributed by atoms with Crippen LogP contribution in [0.25, 0.3) is 11.3 Å². The van der Waals surface area contributed by atoms with E-state index in [0.29, 0.717) is 23.3 Å². The minimum absolute atomic E-state index is 0.0847. The van der Waals surface area contributed by atoms with Crippen molar-refractivity contribution in [3.05, 3.63) is 35.4 Å². The highest BCUT2D eigenvalue weighted by molar-refractivity contribution is 6.30. The van der Waals surface area contributed by atoms with E-state index in [-0.39, 0.29) is 30.0 Å². The Bertz CT molecular complexity index is 827. The number of carbonyl (C=O) groups excluding carboxylic acids is 2. The minimum atomic E-state index is -0.344. The molecule has 142 valence electrons. The molecule has 0 spiro atoms. The van der Waals surface area contributed by atoms with Crippen molar-refractivity contribution in [1.29, 1.82) is 0 Å². The van der Waals surface area contributed by atoms with E-state index >= 15 is 0 Å². The van der Waals surface area contributed by atoms with Crippen molar-refractivity contribution >= 4 is 29.3 Å². The number of amides is 2. The van der Waals surface area contributed by atoms with E-state index < -0.39 is 0 Å². The van der Waals surface area contributed by atoms with Crippen LogP contribution in [-0.4, -0.2) is 34.5 Å². The maximum atomic E-state index is 12.6. The summed E-state index contributed by atoms with van der Waals surface area (Å²) in [5.41, 5.74) is 1.47. The van der Waals surface area contributed by atoms with Crippen molar-refractivity contribution in [3.8, 4) is 11.3 Å². The highest BCUT2D eigenvalue weighted by Crippen LogP contribution is 2.30. The van der Waals surface area contributed by atoms with Crippen LogP contribution >= 0.6 is 11.6 Å². The van der Waals surface area contributed by atoms with Crippen LogP contribution in [0.5, 0.6) is 0 Å². The van der Waals surface area contributed by atoms with Crippen molar-refractivity contribution in [2.75, 3.05) is 11.9 Å². The first-order valence-corrected chi connectivity index (χ1v) is 9.81. The maximum Gasteiger partial charge on any atom is 0.232 e. The highest BCUT2D eigenvalue weighted by atomic mass is 35.5. The van der Waals surface area contributed by atoms with Crippen molar-refractivity contribution in [1.82, 2.24) is 10.1 Å². The number of nitrogens with one attached hydrogen (secondary N) is 1. The summed E-state index contributed by atoms with van der Waals surface area (Å²) in [6.07, 6.45) is 5.93. The van der Waals surface area contributed by atoms with Gasteiger partial charge in [0.15, 0.2) is 0 Å². The lowest BCUT2D eigenvalue weighted by Crippen LogP contribution is -2.38. The number of likely N-dealkylation sites (tertiary alicyclic amines) is 1. The second-order valence-electron chi connectivity index (χ2n) is 7.31. The van der Waals surface area contributed by atoms with Gasteiger partial charge < -0.3 is 9.42 Å². The van der Waals surface area contributed by atoms with Gasteiger partial charge in [0.2, 0.25) is 17.7 Å². The molecule has 1 aromatic heterocycles. The number of carbonyl (C=O) groups is 2. The first-order valence-electron chi connectivity index (χ1n) is 9.43. The van der Waals surface area contributed by atoms with Gasteiger partial charge in [0.05, 0.1) is 5.92 Å². The largest absolute Gasteiger partial charge is 0.339 e. The normalized spacial score (nSPS) is 20.9. The average Bonchev–Trinajstić information content (AvgIpc) is 3.30. The summed E-state index contributed by atoms with van der Waals surface area (Å²) >= 11 is 5.89. The zero-order chi connectivity index (χ0) is 18.8. The Hall–Kier alpha value is -2.34. The van der Waals surface area contributed by atoms with E-state index in [1.807, 2.05) is 17.0 Å². The third kappa shape index (κ3) is 4.00. The van der Waals surface area contributed by atoms with Crippen molar-refractivity contribution in [2.45, 2.75) is 44.6 Å². The molecule has 1 aliphatic heterocycles. The Kier molecular flexibility index (Phi) is 5.16. The van der Waals surface area contributed by atoms with Gasteiger partial charge in [0.25, 0.3) is 0 Å². The molecule has 6 nitrogen and oxygen atoms in total. The molecule has 1 aliphatic carbocycles.